The second-order valence-electron chi connectivity index (χ2n) is 4.30. The minimum atomic E-state index is -3.56. The molecule has 1 aromatic rings. The molecule has 2 rings (SSSR count). The molecule has 0 aliphatic carbocycles. The van der Waals surface area contributed by atoms with Crippen LogP contribution in [0.4, 0.5) is 5.69 Å². The van der Waals surface area contributed by atoms with E-state index in [9.17, 15) is 8.42 Å². The van der Waals surface area contributed by atoms with Crippen LogP contribution in [0.15, 0.2) is 21.5 Å². The molecule has 1 fully saturated rings. The van der Waals surface area contributed by atoms with E-state index in [0.717, 1.165) is 0 Å². The number of rotatable bonds is 3. The van der Waals surface area contributed by atoms with Gasteiger partial charge in [0.15, 0.2) is 0 Å². The Kier molecular flexibility index (Phi) is 3.96. The molecule has 100 valence electrons. The molecule has 1 unspecified atom stereocenters. The van der Waals surface area contributed by atoms with Gasteiger partial charge in [-0.25, -0.2) is 13.1 Å². The lowest BCUT2D eigenvalue weighted by atomic mass is 10.2. The Balaban J connectivity index is 2.34. The van der Waals surface area contributed by atoms with Gasteiger partial charge in [-0.3, -0.25) is 0 Å². The fourth-order valence-electron chi connectivity index (χ4n) is 1.86. The van der Waals surface area contributed by atoms with Crippen molar-refractivity contribution < 1.29 is 13.2 Å². The first kappa shape index (κ1) is 13.8. The molecule has 0 aromatic heterocycles. The molecule has 0 amide bonds. The van der Waals surface area contributed by atoms with Crippen molar-refractivity contribution in [3.05, 3.63) is 22.2 Å². The number of halogens is 1. The van der Waals surface area contributed by atoms with Crippen LogP contribution < -0.4 is 10.5 Å². The van der Waals surface area contributed by atoms with Crippen molar-refractivity contribution in [2.45, 2.75) is 24.3 Å². The molecule has 18 heavy (non-hydrogen) atoms. The van der Waals surface area contributed by atoms with Crippen molar-refractivity contribution in [2.75, 3.05) is 18.9 Å². The van der Waals surface area contributed by atoms with Crippen molar-refractivity contribution in [1.82, 2.24) is 4.72 Å². The van der Waals surface area contributed by atoms with Crippen LogP contribution in [0.5, 0.6) is 0 Å². The summed E-state index contributed by atoms with van der Waals surface area (Å²) in [5.74, 6) is 0. The number of hydrogen-bond donors (Lipinski definition) is 2. The summed E-state index contributed by atoms with van der Waals surface area (Å²) >= 11 is 3.26. The number of hydrogen-bond acceptors (Lipinski definition) is 4. The summed E-state index contributed by atoms with van der Waals surface area (Å²) in [6.45, 7) is 2.70. The van der Waals surface area contributed by atoms with E-state index < -0.39 is 10.0 Å². The van der Waals surface area contributed by atoms with E-state index >= 15 is 0 Å². The maximum atomic E-state index is 12.3. The van der Waals surface area contributed by atoms with Gasteiger partial charge in [-0.1, -0.05) is 15.9 Å². The predicted molar refractivity (Wildman–Crippen MR) is 72.8 cm³/mol. The number of ether oxygens (including phenoxy) is 1. The molecule has 0 bridgehead atoms. The second-order valence-corrected chi connectivity index (χ2v) is 6.90. The highest BCUT2D eigenvalue weighted by atomic mass is 79.9. The van der Waals surface area contributed by atoms with Crippen LogP contribution in [0.25, 0.3) is 0 Å². The van der Waals surface area contributed by atoms with Crippen LogP contribution in [0.1, 0.15) is 12.0 Å². The van der Waals surface area contributed by atoms with Crippen LogP contribution >= 0.6 is 15.9 Å². The zero-order valence-electron chi connectivity index (χ0n) is 9.94. The van der Waals surface area contributed by atoms with Crippen LogP contribution in [0.3, 0.4) is 0 Å². The fraction of sp³-hybridized carbons (Fsp3) is 0.455. The number of sulfonamides is 1. The van der Waals surface area contributed by atoms with Crippen molar-refractivity contribution >= 4 is 31.6 Å². The Morgan fingerprint density at radius 2 is 2.22 bits per heavy atom. The average Bonchev–Trinajstić information content (AvgIpc) is 2.75. The van der Waals surface area contributed by atoms with Crippen molar-refractivity contribution in [2.24, 2.45) is 0 Å². The molecular formula is C11H15BrN2O3S. The van der Waals surface area contributed by atoms with Crippen LogP contribution in [0.2, 0.25) is 0 Å². The zero-order chi connectivity index (χ0) is 13.3. The van der Waals surface area contributed by atoms with Gasteiger partial charge >= 0.3 is 0 Å². The lowest BCUT2D eigenvalue weighted by Gasteiger charge is -2.14. The van der Waals surface area contributed by atoms with Gasteiger partial charge in [0.1, 0.15) is 0 Å². The van der Waals surface area contributed by atoms with Crippen molar-refractivity contribution in [3.63, 3.8) is 0 Å². The van der Waals surface area contributed by atoms with Crippen molar-refractivity contribution in [1.29, 1.82) is 0 Å². The van der Waals surface area contributed by atoms with E-state index in [-0.39, 0.29) is 10.9 Å². The molecule has 0 radical (unpaired) electrons. The molecule has 1 aliphatic heterocycles. The number of nitrogens with one attached hydrogen (secondary N) is 1. The lowest BCUT2D eigenvalue weighted by Crippen LogP contribution is -2.35. The number of benzene rings is 1. The first-order valence-corrected chi connectivity index (χ1v) is 7.83. The summed E-state index contributed by atoms with van der Waals surface area (Å²) in [5.41, 5.74) is 6.79. The first-order chi connectivity index (χ1) is 8.40. The van der Waals surface area contributed by atoms with Crippen LogP contribution in [-0.2, 0) is 14.8 Å². The largest absolute Gasteiger partial charge is 0.398 e. The topological polar surface area (TPSA) is 81.4 Å². The Hall–Kier alpha value is -0.630. The summed E-state index contributed by atoms with van der Waals surface area (Å²) in [5, 5.41) is 0. The third kappa shape index (κ3) is 2.85. The quantitative estimate of drug-likeness (QED) is 0.819. The third-order valence-electron chi connectivity index (χ3n) is 2.91. The van der Waals surface area contributed by atoms with E-state index in [4.69, 9.17) is 10.5 Å². The molecule has 0 spiro atoms. The van der Waals surface area contributed by atoms with Crippen LogP contribution in [0, 0.1) is 6.92 Å². The molecule has 1 heterocycles. The molecule has 1 saturated heterocycles. The van der Waals surface area contributed by atoms with Gasteiger partial charge in [0.2, 0.25) is 10.0 Å². The third-order valence-corrected chi connectivity index (χ3v) is 5.01. The lowest BCUT2D eigenvalue weighted by molar-refractivity contribution is 0.192. The molecule has 5 nitrogen and oxygen atoms in total. The molecule has 0 saturated carbocycles. The SMILES string of the molecule is Cc1c(N)cc(Br)cc1S(=O)(=O)NC1CCOC1. The number of nitrogens with two attached hydrogens (primary N) is 1. The Bertz CT molecular complexity index is 554. The van der Waals surface area contributed by atoms with E-state index in [1.165, 1.54) is 0 Å². The highest BCUT2D eigenvalue weighted by Crippen LogP contribution is 2.26. The van der Waals surface area contributed by atoms with Crippen molar-refractivity contribution in [3.8, 4) is 0 Å². The Morgan fingerprint density at radius 1 is 1.50 bits per heavy atom. The van der Waals surface area contributed by atoms with Gasteiger partial charge in [0.25, 0.3) is 0 Å². The second kappa shape index (κ2) is 5.16. The molecule has 1 aliphatic rings. The predicted octanol–water partition coefficient (Wildman–Crippen LogP) is 1.41. The monoisotopic (exact) mass is 334 g/mol. The van der Waals surface area contributed by atoms with Gasteiger partial charge < -0.3 is 10.5 Å². The minimum Gasteiger partial charge on any atom is -0.398 e. The smallest absolute Gasteiger partial charge is 0.241 e. The zero-order valence-corrected chi connectivity index (χ0v) is 12.3. The fourth-order valence-corrected chi connectivity index (χ4v) is 4.05. The molecule has 1 atom stereocenters. The molecule has 1 aromatic carbocycles. The summed E-state index contributed by atoms with van der Waals surface area (Å²) in [6, 6.07) is 3.09. The average molecular weight is 335 g/mol. The van der Waals surface area contributed by atoms with E-state index in [1.807, 2.05) is 0 Å². The Labute approximate surface area is 115 Å². The highest BCUT2D eigenvalue weighted by Gasteiger charge is 2.25. The van der Waals surface area contributed by atoms with E-state index in [0.29, 0.717) is 35.4 Å². The van der Waals surface area contributed by atoms with Gasteiger partial charge in [0.05, 0.1) is 11.5 Å². The summed E-state index contributed by atoms with van der Waals surface area (Å²) in [6.07, 6.45) is 0.696. The van der Waals surface area contributed by atoms with E-state index in [2.05, 4.69) is 20.7 Å². The van der Waals surface area contributed by atoms with Gasteiger partial charge in [-0.05, 0) is 31.0 Å². The van der Waals surface area contributed by atoms with Crippen LogP contribution in [-0.4, -0.2) is 27.7 Å². The molecule has 3 N–H and O–H groups in total. The van der Waals surface area contributed by atoms with Gasteiger partial charge in [0, 0.05) is 22.8 Å². The highest BCUT2D eigenvalue weighted by molar-refractivity contribution is 9.10. The van der Waals surface area contributed by atoms with E-state index in [1.54, 1.807) is 19.1 Å². The summed E-state index contributed by atoms with van der Waals surface area (Å²) < 4.78 is 33.0. The molecular weight excluding hydrogens is 320 g/mol. The number of nitrogen functional groups attached to an aromatic ring is 1. The minimum absolute atomic E-state index is 0.158. The summed E-state index contributed by atoms with van der Waals surface area (Å²) in [7, 11) is -3.56. The summed E-state index contributed by atoms with van der Waals surface area (Å²) in [4.78, 5) is 0.210. The normalized spacial score (nSPS) is 20.2. The maximum Gasteiger partial charge on any atom is 0.241 e. The van der Waals surface area contributed by atoms with Gasteiger partial charge in [-0.2, -0.15) is 0 Å². The first-order valence-electron chi connectivity index (χ1n) is 5.56. The molecule has 7 heteroatoms. The van der Waals surface area contributed by atoms with Gasteiger partial charge in [-0.15, -0.1) is 0 Å². The Morgan fingerprint density at radius 3 is 2.83 bits per heavy atom. The maximum absolute atomic E-state index is 12.3. The number of anilines is 1. The standard InChI is InChI=1S/C11H15BrN2O3S/c1-7-10(13)4-8(12)5-11(7)18(15,16)14-9-2-3-17-6-9/h4-5,9,14H,2-3,6,13H2,1H3.